The summed E-state index contributed by atoms with van der Waals surface area (Å²) in [6.45, 7) is 0.483. The number of ketones is 1. The molecule has 9 heteroatoms. The second-order valence-electron chi connectivity index (χ2n) is 6.27. The third kappa shape index (κ3) is 6.49. The molecule has 3 amide bonds. The van der Waals surface area contributed by atoms with Crippen molar-refractivity contribution in [1.29, 1.82) is 0 Å². The van der Waals surface area contributed by atoms with Gasteiger partial charge in [-0.3, -0.25) is 19.4 Å². The largest absolute Gasteiger partial charge is 0.445 e. The molecule has 0 spiro atoms. The van der Waals surface area contributed by atoms with E-state index in [4.69, 9.17) is 4.74 Å². The van der Waals surface area contributed by atoms with Crippen LogP contribution in [0.3, 0.4) is 0 Å². The molecule has 2 atom stereocenters. The molecule has 0 aromatic heterocycles. The number of carbonyl (C=O) groups is 4. The molecule has 2 unspecified atom stereocenters. The number of hydrogen-bond donors (Lipinski definition) is 3. The van der Waals surface area contributed by atoms with Gasteiger partial charge in [0, 0.05) is 19.8 Å². The molecule has 1 heterocycles. The number of ether oxygens (including phenoxy) is 1. The van der Waals surface area contributed by atoms with Crippen LogP contribution in [0.25, 0.3) is 0 Å². The van der Waals surface area contributed by atoms with Crippen molar-refractivity contribution in [1.82, 2.24) is 16.0 Å². The molecule has 9 nitrogen and oxygen atoms in total. The van der Waals surface area contributed by atoms with Gasteiger partial charge in [-0.15, -0.1) is 0 Å². The predicted molar refractivity (Wildman–Crippen MR) is 102 cm³/mol. The number of benzene rings is 1. The van der Waals surface area contributed by atoms with Crippen molar-refractivity contribution in [3.8, 4) is 0 Å². The molecule has 0 radical (unpaired) electrons. The van der Waals surface area contributed by atoms with Crippen LogP contribution in [0.4, 0.5) is 4.79 Å². The van der Waals surface area contributed by atoms with Gasteiger partial charge in [-0.1, -0.05) is 30.3 Å². The Labute approximate surface area is 162 Å². The third-order valence-electron chi connectivity index (χ3n) is 4.13. The van der Waals surface area contributed by atoms with Gasteiger partial charge in [-0.05, 0) is 24.8 Å². The fraction of sp³-hybridized carbons (Fsp3) is 0.421. The molecule has 1 aromatic carbocycles. The zero-order valence-corrected chi connectivity index (χ0v) is 15.6. The van der Waals surface area contributed by atoms with Crippen molar-refractivity contribution in [2.75, 3.05) is 13.6 Å². The van der Waals surface area contributed by atoms with E-state index < -0.39 is 35.8 Å². The first-order chi connectivity index (χ1) is 13.5. The molecule has 1 aliphatic heterocycles. The first-order valence-electron chi connectivity index (χ1n) is 9.03. The molecule has 0 bridgehead atoms. The van der Waals surface area contributed by atoms with Crippen LogP contribution in [-0.2, 0) is 25.7 Å². The van der Waals surface area contributed by atoms with E-state index in [2.05, 4.69) is 20.9 Å². The Morgan fingerprint density at radius 1 is 1.29 bits per heavy atom. The number of alkyl carbamates (subject to hydrolysis) is 1. The van der Waals surface area contributed by atoms with Gasteiger partial charge in [-0.25, -0.2) is 4.79 Å². The van der Waals surface area contributed by atoms with Crippen molar-refractivity contribution in [2.24, 2.45) is 4.99 Å². The van der Waals surface area contributed by atoms with Crippen LogP contribution in [0.5, 0.6) is 0 Å². The van der Waals surface area contributed by atoms with Crippen molar-refractivity contribution in [2.45, 2.75) is 38.0 Å². The first-order valence-corrected chi connectivity index (χ1v) is 9.03. The molecule has 0 saturated carbocycles. The molecule has 0 aliphatic carbocycles. The van der Waals surface area contributed by atoms with E-state index in [9.17, 15) is 19.2 Å². The van der Waals surface area contributed by atoms with Crippen LogP contribution in [0.2, 0.25) is 0 Å². The molecule has 150 valence electrons. The van der Waals surface area contributed by atoms with Crippen LogP contribution in [-0.4, -0.2) is 55.6 Å². The lowest BCUT2D eigenvalue weighted by atomic mass is 10.0. The van der Waals surface area contributed by atoms with Crippen molar-refractivity contribution in [3.05, 3.63) is 35.9 Å². The Hall–Kier alpha value is -3.23. The minimum atomic E-state index is -1.13. The normalized spacial score (nSPS) is 18.5. The van der Waals surface area contributed by atoms with Crippen LogP contribution < -0.4 is 16.0 Å². The SMILES string of the molecule is CN=CC(NC(=O)OCc1ccccc1)C(=O)NC1CCCCNC(=O)C1=O. The van der Waals surface area contributed by atoms with Crippen LogP contribution >= 0.6 is 0 Å². The van der Waals surface area contributed by atoms with Gasteiger partial charge in [0.15, 0.2) is 0 Å². The quantitative estimate of drug-likeness (QED) is 0.478. The third-order valence-corrected chi connectivity index (χ3v) is 4.13. The highest BCUT2D eigenvalue weighted by atomic mass is 16.5. The van der Waals surface area contributed by atoms with Gasteiger partial charge in [0.2, 0.25) is 11.7 Å². The second kappa shape index (κ2) is 10.8. The number of nitrogens with zero attached hydrogens (tertiary/aromatic N) is 1. The standard InChI is InChI=1S/C19H24N4O5/c1-20-11-15(23-19(27)28-12-13-7-3-2-4-8-13)17(25)22-14-9-5-6-10-21-18(26)16(14)24/h2-4,7-8,11,14-15H,5-6,9-10,12H2,1H3,(H,21,26)(H,22,25)(H,23,27). The van der Waals surface area contributed by atoms with Gasteiger partial charge in [-0.2, -0.15) is 0 Å². The Kier molecular flexibility index (Phi) is 8.13. The van der Waals surface area contributed by atoms with E-state index in [1.807, 2.05) is 18.2 Å². The summed E-state index contributed by atoms with van der Waals surface area (Å²) in [7, 11) is 1.45. The highest BCUT2D eigenvalue weighted by molar-refractivity contribution is 6.38. The monoisotopic (exact) mass is 388 g/mol. The van der Waals surface area contributed by atoms with E-state index in [1.54, 1.807) is 12.1 Å². The Morgan fingerprint density at radius 3 is 2.75 bits per heavy atom. The van der Waals surface area contributed by atoms with Crippen LogP contribution in [0.1, 0.15) is 24.8 Å². The second-order valence-corrected chi connectivity index (χ2v) is 6.27. The van der Waals surface area contributed by atoms with Gasteiger partial charge in [0.05, 0.1) is 6.04 Å². The van der Waals surface area contributed by atoms with E-state index in [0.29, 0.717) is 19.4 Å². The maximum Gasteiger partial charge on any atom is 0.408 e. The summed E-state index contributed by atoms with van der Waals surface area (Å²) in [6, 6.07) is 7.01. The van der Waals surface area contributed by atoms with E-state index in [1.165, 1.54) is 13.3 Å². The molecule has 1 saturated heterocycles. The number of aliphatic imine (C=N–C) groups is 1. The molecule has 3 N–H and O–H groups in total. The first kappa shape index (κ1) is 21.1. The minimum absolute atomic E-state index is 0.0472. The van der Waals surface area contributed by atoms with Gasteiger partial charge in [0.25, 0.3) is 5.91 Å². The zero-order valence-electron chi connectivity index (χ0n) is 15.6. The van der Waals surface area contributed by atoms with Crippen molar-refractivity contribution in [3.63, 3.8) is 0 Å². The van der Waals surface area contributed by atoms with E-state index in [0.717, 1.165) is 12.0 Å². The molecule has 2 rings (SSSR count). The van der Waals surface area contributed by atoms with E-state index in [-0.39, 0.29) is 6.61 Å². The van der Waals surface area contributed by atoms with Gasteiger partial charge < -0.3 is 20.7 Å². The van der Waals surface area contributed by atoms with E-state index >= 15 is 0 Å². The number of Topliss-reactive ketones (excluding diaryl/α,β-unsaturated/α-hetero) is 1. The predicted octanol–water partition coefficient (Wildman–Crippen LogP) is 0.336. The molecule has 1 aliphatic rings. The number of nitrogens with one attached hydrogen (secondary N) is 3. The molecule has 1 aromatic rings. The zero-order chi connectivity index (χ0) is 20.4. The smallest absolute Gasteiger partial charge is 0.408 e. The summed E-state index contributed by atoms with van der Waals surface area (Å²) in [5.74, 6) is -2.07. The minimum Gasteiger partial charge on any atom is -0.445 e. The molecule has 1 fully saturated rings. The topological polar surface area (TPSA) is 126 Å². The van der Waals surface area contributed by atoms with Crippen LogP contribution in [0, 0.1) is 0 Å². The summed E-state index contributed by atoms with van der Waals surface area (Å²) in [6.07, 6.45) is 2.18. The maximum atomic E-state index is 12.5. The fourth-order valence-electron chi connectivity index (χ4n) is 2.66. The summed E-state index contributed by atoms with van der Waals surface area (Å²) >= 11 is 0. The maximum absolute atomic E-state index is 12.5. The van der Waals surface area contributed by atoms with Crippen molar-refractivity contribution >= 4 is 29.9 Å². The number of hydrogen-bond acceptors (Lipinski definition) is 6. The van der Waals surface area contributed by atoms with Gasteiger partial charge in [0.1, 0.15) is 12.6 Å². The lowest BCUT2D eigenvalue weighted by Gasteiger charge is -2.22. The number of rotatable bonds is 6. The fourth-order valence-corrected chi connectivity index (χ4v) is 2.66. The molecular formula is C19H24N4O5. The lowest BCUT2D eigenvalue weighted by Crippen LogP contribution is -2.55. The summed E-state index contributed by atoms with van der Waals surface area (Å²) in [4.78, 5) is 52.1. The summed E-state index contributed by atoms with van der Waals surface area (Å²) in [5, 5.41) is 7.42. The highest BCUT2D eigenvalue weighted by Crippen LogP contribution is 2.06. The average Bonchev–Trinajstić information content (AvgIpc) is 2.69. The average molecular weight is 388 g/mol. The lowest BCUT2D eigenvalue weighted by molar-refractivity contribution is -0.140. The Morgan fingerprint density at radius 2 is 2.04 bits per heavy atom. The molecular weight excluding hydrogens is 364 g/mol. The summed E-state index contributed by atoms with van der Waals surface area (Å²) in [5.41, 5.74) is 0.800. The number of amides is 3. The number of carbonyl (C=O) groups excluding carboxylic acids is 4. The molecule has 28 heavy (non-hydrogen) atoms. The van der Waals surface area contributed by atoms with Crippen LogP contribution in [0.15, 0.2) is 35.3 Å². The highest BCUT2D eigenvalue weighted by Gasteiger charge is 2.30. The Balaban J connectivity index is 1.93. The van der Waals surface area contributed by atoms with Crippen molar-refractivity contribution < 1.29 is 23.9 Å². The Bertz CT molecular complexity index is 735. The summed E-state index contributed by atoms with van der Waals surface area (Å²) < 4.78 is 5.10. The van der Waals surface area contributed by atoms with Gasteiger partial charge >= 0.3 is 6.09 Å².